The minimum Gasteiger partial charge on any atom is -0.368 e. The molecule has 1 aliphatic heterocycles. The summed E-state index contributed by atoms with van der Waals surface area (Å²) in [6.07, 6.45) is 0. The van der Waals surface area contributed by atoms with E-state index in [9.17, 15) is 13.6 Å². The Morgan fingerprint density at radius 3 is 2.11 bits per heavy atom. The number of benzene rings is 2. The van der Waals surface area contributed by atoms with E-state index in [0.29, 0.717) is 31.7 Å². The van der Waals surface area contributed by atoms with Crippen molar-refractivity contribution in [1.82, 2.24) is 15.0 Å². The van der Waals surface area contributed by atoms with Crippen molar-refractivity contribution in [3.05, 3.63) is 66.1 Å². The van der Waals surface area contributed by atoms with E-state index in [1.54, 1.807) is 17.0 Å². The van der Waals surface area contributed by atoms with Crippen molar-refractivity contribution < 1.29 is 18.1 Å². The van der Waals surface area contributed by atoms with E-state index in [-0.39, 0.29) is 29.3 Å². The molecule has 1 fully saturated rings. The van der Waals surface area contributed by atoms with E-state index in [0.717, 1.165) is 5.69 Å². The maximum atomic E-state index is 13.0. The summed E-state index contributed by atoms with van der Waals surface area (Å²) in [7, 11) is 0. The highest BCUT2D eigenvalue weighted by Crippen LogP contribution is 2.19. The first-order chi connectivity index (χ1) is 13.1. The predicted molar refractivity (Wildman–Crippen MR) is 94.2 cm³/mol. The fourth-order valence-electron chi connectivity index (χ4n) is 2.98. The van der Waals surface area contributed by atoms with Crippen LogP contribution in [-0.4, -0.2) is 47.1 Å². The van der Waals surface area contributed by atoms with Crippen LogP contribution in [0, 0.1) is 11.6 Å². The Labute approximate surface area is 154 Å². The van der Waals surface area contributed by atoms with Gasteiger partial charge in [-0.25, -0.2) is 8.78 Å². The van der Waals surface area contributed by atoms with Crippen LogP contribution in [0.1, 0.15) is 10.7 Å². The van der Waals surface area contributed by atoms with Gasteiger partial charge in [-0.15, -0.1) is 0 Å². The second-order valence-corrected chi connectivity index (χ2v) is 6.19. The predicted octanol–water partition coefficient (Wildman–Crippen LogP) is 2.98. The number of hydrogen-bond acceptors (Lipinski definition) is 5. The molecule has 4 rings (SSSR count). The van der Waals surface area contributed by atoms with E-state index in [1.165, 1.54) is 36.4 Å². The summed E-state index contributed by atoms with van der Waals surface area (Å²) >= 11 is 0. The number of hydrogen-bond donors (Lipinski definition) is 0. The normalized spacial score (nSPS) is 14.4. The lowest BCUT2D eigenvalue weighted by atomic mass is 10.2. The lowest BCUT2D eigenvalue weighted by molar-refractivity contribution is 0.0696. The summed E-state index contributed by atoms with van der Waals surface area (Å²) in [6.45, 7) is 2.22. The summed E-state index contributed by atoms with van der Waals surface area (Å²) in [5.41, 5.74) is 1.49. The lowest BCUT2D eigenvalue weighted by Gasteiger charge is -2.35. The molecular weight excluding hydrogens is 354 g/mol. The molecule has 0 bridgehead atoms. The molecule has 0 saturated carbocycles. The van der Waals surface area contributed by atoms with Crippen LogP contribution in [-0.2, 0) is 0 Å². The van der Waals surface area contributed by atoms with Crippen LogP contribution < -0.4 is 4.90 Å². The monoisotopic (exact) mass is 370 g/mol. The molecule has 0 N–H and O–H groups in total. The van der Waals surface area contributed by atoms with Gasteiger partial charge in [0.05, 0.1) is 0 Å². The Kier molecular flexibility index (Phi) is 4.53. The number of anilines is 1. The Morgan fingerprint density at radius 1 is 0.889 bits per heavy atom. The van der Waals surface area contributed by atoms with Gasteiger partial charge < -0.3 is 14.3 Å². The number of piperazine rings is 1. The molecule has 6 nitrogen and oxygen atoms in total. The van der Waals surface area contributed by atoms with Gasteiger partial charge in [-0.3, -0.25) is 4.79 Å². The zero-order valence-corrected chi connectivity index (χ0v) is 14.3. The fourth-order valence-corrected chi connectivity index (χ4v) is 2.98. The molecule has 0 spiro atoms. The maximum Gasteiger partial charge on any atom is 0.316 e. The van der Waals surface area contributed by atoms with Gasteiger partial charge in [-0.2, -0.15) is 4.98 Å². The number of aromatic nitrogens is 2. The number of rotatable bonds is 3. The van der Waals surface area contributed by atoms with Crippen molar-refractivity contribution in [2.24, 2.45) is 0 Å². The van der Waals surface area contributed by atoms with Gasteiger partial charge in [0, 0.05) is 37.4 Å². The number of amides is 1. The first-order valence-electron chi connectivity index (χ1n) is 8.49. The lowest BCUT2D eigenvalue weighted by Crippen LogP contribution is -2.48. The molecule has 1 aromatic heterocycles. The first kappa shape index (κ1) is 17.1. The van der Waals surface area contributed by atoms with Crippen LogP contribution in [0.3, 0.4) is 0 Å². The second-order valence-electron chi connectivity index (χ2n) is 6.19. The van der Waals surface area contributed by atoms with Gasteiger partial charge in [-0.05, 0) is 48.5 Å². The van der Waals surface area contributed by atoms with Crippen LogP contribution in [0.2, 0.25) is 0 Å². The molecule has 1 amide bonds. The van der Waals surface area contributed by atoms with Gasteiger partial charge in [0.25, 0.3) is 0 Å². The molecule has 1 saturated heterocycles. The fraction of sp³-hybridized carbons (Fsp3) is 0.211. The second kappa shape index (κ2) is 7.14. The summed E-state index contributed by atoms with van der Waals surface area (Å²) in [6, 6.07) is 11.9. The van der Waals surface area contributed by atoms with E-state index in [2.05, 4.69) is 15.0 Å². The number of carbonyl (C=O) groups is 1. The summed E-state index contributed by atoms with van der Waals surface area (Å²) in [5, 5.41) is 3.80. The zero-order chi connectivity index (χ0) is 18.8. The smallest absolute Gasteiger partial charge is 0.316 e. The van der Waals surface area contributed by atoms with Gasteiger partial charge in [0.2, 0.25) is 5.82 Å². The number of carbonyl (C=O) groups excluding carboxylic acids is 1. The van der Waals surface area contributed by atoms with E-state index < -0.39 is 0 Å². The van der Waals surface area contributed by atoms with E-state index in [4.69, 9.17) is 4.52 Å². The van der Waals surface area contributed by atoms with Crippen LogP contribution in [0.5, 0.6) is 0 Å². The highest BCUT2D eigenvalue weighted by Gasteiger charge is 2.26. The molecule has 27 heavy (non-hydrogen) atoms. The van der Waals surface area contributed by atoms with Gasteiger partial charge >= 0.3 is 11.8 Å². The van der Waals surface area contributed by atoms with Crippen molar-refractivity contribution in [3.8, 4) is 11.4 Å². The molecule has 138 valence electrons. The molecule has 0 unspecified atom stereocenters. The molecule has 8 heteroatoms. The zero-order valence-electron chi connectivity index (χ0n) is 14.3. The van der Waals surface area contributed by atoms with Gasteiger partial charge in [0.1, 0.15) is 11.6 Å². The van der Waals surface area contributed by atoms with Crippen molar-refractivity contribution in [3.63, 3.8) is 0 Å². The third-order valence-electron chi connectivity index (χ3n) is 4.47. The molecule has 1 aliphatic rings. The molecule has 0 aliphatic carbocycles. The topological polar surface area (TPSA) is 62.5 Å². The first-order valence-corrected chi connectivity index (χ1v) is 8.49. The van der Waals surface area contributed by atoms with Crippen molar-refractivity contribution >= 4 is 11.6 Å². The van der Waals surface area contributed by atoms with E-state index >= 15 is 0 Å². The molecule has 3 aromatic rings. The van der Waals surface area contributed by atoms with Crippen LogP contribution in [0.25, 0.3) is 11.4 Å². The minimum atomic E-state index is -0.363. The average Bonchev–Trinajstić information content (AvgIpc) is 3.19. The van der Waals surface area contributed by atoms with Crippen LogP contribution >= 0.6 is 0 Å². The third kappa shape index (κ3) is 3.64. The SMILES string of the molecule is O=C(c1nc(-c2ccc(F)cc2)no1)N1CCN(c2ccc(F)cc2)CC1. The van der Waals surface area contributed by atoms with Gasteiger partial charge in [0.15, 0.2) is 0 Å². The third-order valence-corrected chi connectivity index (χ3v) is 4.47. The standard InChI is InChI=1S/C19H16F2N4O2/c20-14-3-1-13(2-4-14)17-22-18(27-23-17)19(26)25-11-9-24(10-12-25)16-7-5-15(21)6-8-16/h1-8H,9-12H2. The Morgan fingerprint density at radius 2 is 1.48 bits per heavy atom. The highest BCUT2D eigenvalue weighted by atomic mass is 19.1. The molecule has 0 atom stereocenters. The Hall–Kier alpha value is -3.29. The number of halogens is 2. The number of nitrogens with zero attached hydrogens (tertiary/aromatic N) is 4. The van der Waals surface area contributed by atoms with Crippen molar-refractivity contribution in [2.45, 2.75) is 0 Å². The Bertz CT molecular complexity index is 933. The largest absolute Gasteiger partial charge is 0.368 e. The molecule has 0 radical (unpaired) electrons. The van der Waals surface area contributed by atoms with E-state index in [1.807, 2.05) is 0 Å². The Balaban J connectivity index is 1.41. The minimum absolute atomic E-state index is 0.0930. The van der Waals surface area contributed by atoms with Crippen molar-refractivity contribution in [1.29, 1.82) is 0 Å². The van der Waals surface area contributed by atoms with Crippen molar-refractivity contribution in [2.75, 3.05) is 31.1 Å². The highest BCUT2D eigenvalue weighted by molar-refractivity contribution is 5.90. The summed E-state index contributed by atoms with van der Waals surface area (Å²) in [4.78, 5) is 20.4. The maximum absolute atomic E-state index is 13.0. The van der Waals surface area contributed by atoms with Crippen LogP contribution in [0.4, 0.5) is 14.5 Å². The molecular formula is C19H16F2N4O2. The molecule has 2 heterocycles. The van der Waals surface area contributed by atoms with Crippen LogP contribution in [0.15, 0.2) is 53.1 Å². The summed E-state index contributed by atoms with van der Waals surface area (Å²) < 4.78 is 31.1. The quantitative estimate of drug-likeness (QED) is 0.709. The average molecular weight is 370 g/mol. The molecule has 2 aromatic carbocycles. The summed E-state index contributed by atoms with van der Waals surface area (Å²) in [5.74, 6) is -0.832. The van der Waals surface area contributed by atoms with Gasteiger partial charge in [-0.1, -0.05) is 5.16 Å².